The topological polar surface area (TPSA) is 31.2 Å². The number of rotatable bonds is 4. The van der Waals surface area contributed by atoms with Crippen LogP contribution >= 0.6 is 15.9 Å². The summed E-state index contributed by atoms with van der Waals surface area (Å²) in [4.78, 5) is 12.3. The molecule has 0 saturated carbocycles. The fourth-order valence-corrected chi connectivity index (χ4v) is 2.81. The summed E-state index contributed by atoms with van der Waals surface area (Å²) in [5.74, 6) is -0.232. The number of esters is 1. The van der Waals surface area contributed by atoms with E-state index >= 15 is 0 Å². The molecule has 0 N–H and O–H groups in total. The predicted molar refractivity (Wildman–Crippen MR) is 90.6 cm³/mol. The minimum Gasteiger partial charge on any atom is -0.459 e. The number of carbonyl (C=O) groups excluding carboxylic acids is 1. The molecule has 2 aromatic carbocycles. The number of ether oxygens (including phenoxy) is 1. The van der Waals surface area contributed by atoms with Gasteiger partial charge in [0, 0.05) is 21.6 Å². The predicted octanol–water partition coefficient (Wildman–Crippen LogP) is 4.71. The van der Waals surface area contributed by atoms with E-state index in [-0.39, 0.29) is 12.0 Å². The average molecular weight is 358 g/mol. The first-order valence-corrected chi connectivity index (χ1v) is 7.91. The summed E-state index contributed by atoms with van der Waals surface area (Å²) >= 11 is 3.46. The Bertz CT molecular complexity index is 795. The summed E-state index contributed by atoms with van der Waals surface area (Å²) in [6.45, 7) is 2.16. The van der Waals surface area contributed by atoms with Gasteiger partial charge in [0.15, 0.2) is 0 Å². The lowest BCUT2D eigenvalue weighted by Crippen LogP contribution is -2.18. The lowest BCUT2D eigenvalue weighted by Gasteiger charge is -2.14. The third-order valence-corrected chi connectivity index (χ3v) is 4.16. The molecule has 0 radical (unpaired) electrons. The van der Waals surface area contributed by atoms with Crippen LogP contribution in [0, 0.1) is 0 Å². The van der Waals surface area contributed by atoms with Gasteiger partial charge in [-0.1, -0.05) is 46.3 Å². The largest absolute Gasteiger partial charge is 0.459 e. The third kappa shape index (κ3) is 3.07. The Hall–Kier alpha value is -2.07. The molecule has 1 atom stereocenters. The smallest absolute Gasteiger partial charge is 0.329 e. The number of hydrogen-bond acceptors (Lipinski definition) is 2. The van der Waals surface area contributed by atoms with E-state index in [1.807, 2.05) is 72.3 Å². The maximum absolute atomic E-state index is 12.3. The van der Waals surface area contributed by atoms with Gasteiger partial charge in [0.1, 0.15) is 12.6 Å². The maximum atomic E-state index is 12.3. The third-order valence-electron chi connectivity index (χ3n) is 3.66. The SMILES string of the molecule is CC(C(=O)OCc1ccccc1)n1ccc2cc(Br)ccc21. The van der Waals surface area contributed by atoms with E-state index < -0.39 is 0 Å². The summed E-state index contributed by atoms with van der Waals surface area (Å²) in [5.41, 5.74) is 2.01. The van der Waals surface area contributed by atoms with Crippen molar-refractivity contribution in [3.63, 3.8) is 0 Å². The molecule has 22 heavy (non-hydrogen) atoms. The van der Waals surface area contributed by atoms with Gasteiger partial charge in [-0.25, -0.2) is 4.79 Å². The van der Waals surface area contributed by atoms with Crippen LogP contribution in [0.5, 0.6) is 0 Å². The minimum atomic E-state index is -0.359. The maximum Gasteiger partial charge on any atom is 0.329 e. The molecular weight excluding hydrogens is 342 g/mol. The highest BCUT2D eigenvalue weighted by atomic mass is 79.9. The second-order valence-electron chi connectivity index (χ2n) is 5.20. The number of aromatic nitrogens is 1. The Morgan fingerprint density at radius 2 is 1.95 bits per heavy atom. The van der Waals surface area contributed by atoms with Crippen molar-refractivity contribution in [2.75, 3.05) is 0 Å². The van der Waals surface area contributed by atoms with Gasteiger partial charge >= 0.3 is 5.97 Å². The molecule has 1 unspecified atom stereocenters. The number of hydrogen-bond donors (Lipinski definition) is 0. The minimum absolute atomic E-state index is 0.232. The molecule has 0 aliphatic heterocycles. The van der Waals surface area contributed by atoms with E-state index in [0.717, 1.165) is 20.9 Å². The van der Waals surface area contributed by atoms with Gasteiger partial charge in [0.25, 0.3) is 0 Å². The van der Waals surface area contributed by atoms with E-state index in [2.05, 4.69) is 15.9 Å². The second-order valence-corrected chi connectivity index (χ2v) is 6.11. The molecule has 3 aromatic rings. The molecule has 1 aromatic heterocycles. The van der Waals surface area contributed by atoms with Crippen LogP contribution in [0.1, 0.15) is 18.5 Å². The van der Waals surface area contributed by atoms with Crippen LogP contribution in [0.2, 0.25) is 0 Å². The first-order valence-electron chi connectivity index (χ1n) is 7.12. The highest BCUT2D eigenvalue weighted by Crippen LogP contribution is 2.24. The quantitative estimate of drug-likeness (QED) is 0.633. The summed E-state index contributed by atoms with van der Waals surface area (Å²) < 4.78 is 8.38. The van der Waals surface area contributed by atoms with Crippen molar-refractivity contribution < 1.29 is 9.53 Å². The zero-order chi connectivity index (χ0) is 15.5. The van der Waals surface area contributed by atoms with Gasteiger partial charge in [-0.15, -0.1) is 0 Å². The molecule has 0 aliphatic rings. The molecule has 0 amide bonds. The Morgan fingerprint density at radius 3 is 2.73 bits per heavy atom. The lowest BCUT2D eigenvalue weighted by atomic mass is 10.2. The van der Waals surface area contributed by atoms with Crippen molar-refractivity contribution in [2.45, 2.75) is 19.6 Å². The molecule has 0 aliphatic carbocycles. The van der Waals surface area contributed by atoms with E-state index in [1.165, 1.54) is 0 Å². The first kappa shape index (κ1) is 14.9. The van der Waals surface area contributed by atoms with Crippen LogP contribution in [0.3, 0.4) is 0 Å². The molecule has 3 nitrogen and oxygen atoms in total. The molecule has 112 valence electrons. The van der Waals surface area contributed by atoms with Gasteiger partial charge in [0.2, 0.25) is 0 Å². The van der Waals surface area contributed by atoms with Crippen LogP contribution in [0.25, 0.3) is 10.9 Å². The van der Waals surface area contributed by atoms with Gasteiger partial charge < -0.3 is 9.30 Å². The van der Waals surface area contributed by atoms with E-state index in [1.54, 1.807) is 0 Å². The number of benzene rings is 2. The Morgan fingerprint density at radius 1 is 1.18 bits per heavy atom. The van der Waals surface area contributed by atoms with Crippen LogP contribution in [0.4, 0.5) is 0 Å². The summed E-state index contributed by atoms with van der Waals surface area (Å²) in [5, 5.41) is 1.09. The van der Waals surface area contributed by atoms with Crippen LogP contribution < -0.4 is 0 Å². The number of nitrogens with zero attached hydrogens (tertiary/aromatic N) is 1. The highest BCUT2D eigenvalue weighted by Gasteiger charge is 2.18. The number of fused-ring (bicyclic) bond motifs is 1. The number of carbonyl (C=O) groups is 1. The van der Waals surface area contributed by atoms with Crippen LogP contribution in [0.15, 0.2) is 65.3 Å². The molecule has 0 spiro atoms. The number of halogens is 1. The van der Waals surface area contributed by atoms with Gasteiger partial charge in [-0.3, -0.25) is 0 Å². The van der Waals surface area contributed by atoms with Crippen LogP contribution in [-0.2, 0) is 16.1 Å². The molecule has 0 saturated heterocycles. The normalized spacial score (nSPS) is 12.3. The molecule has 4 heteroatoms. The molecule has 1 heterocycles. The van der Waals surface area contributed by atoms with Crippen molar-refractivity contribution >= 4 is 32.8 Å². The van der Waals surface area contributed by atoms with Crippen molar-refractivity contribution in [1.29, 1.82) is 0 Å². The zero-order valence-corrected chi connectivity index (χ0v) is 13.8. The van der Waals surface area contributed by atoms with Gasteiger partial charge in [-0.2, -0.15) is 0 Å². The fraction of sp³-hybridized carbons (Fsp3) is 0.167. The summed E-state index contributed by atoms with van der Waals surface area (Å²) in [6.07, 6.45) is 1.92. The van der Waals surface area contributed by atoms with Crippen molar-refractivity contribution in [3.05, 3.63) is 70.8 Å². The van der Waals surface area contributed by atoms with Crippen molar-refractivity contribution in [2.24, 2.45) is 0 Å². The summed E-state index contributed by atoms with van der Waals surface area (Å²) in [6, 6.07) is 17.4. The summed E-state index contributed by atoms with van der Waals surface area (Å²) in [7, 11) is 0. The van der Waals surface area contributed by atoms with Crippen molar-refractivity contribution in [3.8, 4) is 0 Å². The second kappa shape index (κ2) is 6.36. The highest BCUT2D eigenvalue weighted by molar-refractivity contribution is 9.10. The Balaban J connectivity index is 1.74. The van der Waals surface area contributed by atoms with Crippen LogP contribution in [-0.4, -0.2) is 10.5 Å². The molecule has 3 rings (SSSR count). The van der Waals surface area contributed by atoms with E-state index in [9.17, 15) is 4.79 Å². The molecule has 0 fully saturated rings. The van der Waals surface area contributed by atoms with Gasteiger partial charge in [-0.05, 0) is 36.8 Å². The first-order chi connectivity index (χ1) is 10.6. The Labute approximate surface area is 137 Å². The van der Waals surface area contributed by atoms with Gasteiger partial charge in [0.05, 0.1) is 0 Å². The molecule has 0 bridgehead atoms. The standard InChI is InChI=1S/C18H16BrNO2/c1-13(18(21)22-12-14-5-3-2-4-6-14)20-10-9-15-11-16(19)7-8-17(15)20/h2-11,13H,12H2,1H3. The average Bonchev–Trinajstić information content (AvgIpc) is 2.95. The molecular formula is C18H16BrNO2. The van der Waals surface area contributed by atoms with Crippen molar-refractivity contribution in [1.82, 2.24) is 4.57 Å². The fourth-order valence-electron chi connectivity index (χ4n) is 2.44. The monoisotopic (exact) mass is 357 g/mol. The zero-order valence-electron chi connectivity index (χ0n) is 12.2. The van der Waals surface area contributed by atoms with E-state index in [4.69, 9.17) is 4.74 Å². The lowest BCUT2D eigenvalue weighted by molar-refractivity contribution is -0.148. The Kier molecular flexibility index (Phi) is 4.29. The van der Waals surface area contributed by atoms with E-state index in [0.29, 0.717) is 6.61 Å².